The lowest BCUT2D eigenvalue weighted by Crippen LogP contribution is -2.47. The Morgan fingerprint density at radius 1 is 1.12 bits per heavy atom. The summed E-state index contributed by atoms with van der Waals surface area (Å²) in [7, 11) is 0. The normalized spacial score (nSPS) is 14.5. The molecule has 1 aliphatic heterocycles. The van der Waals surface area contributed by atoms with Crippen LogP contribution < -0.4 is 16.0 Å². The summed E-state index contributed by atoms with van der Waals surface area (Å²) in [5.74, 6) is -0.0850. The number of halogens is 2. The van der Waals surface area contributed by atoms with Crippen LogP contribution in [0.2, 0.25) is 0 Å². The van der Waals surface area contributed by atoms with Gasteiger partial charge in [0.15, 0.2) is 0 Å². The molecule has 0 fully saturated rings. The van der Waals surface area contributed by atoms with E-state index in [1.165, 1.54) is 11.3 Å². The Hall–Kier alpha value is -1.75. The average molecular weight is 396 g/mol. The van der Waals surface area contributed by atoms with Crippen molar-refractivity contribution in [2.75, 3.05) is 18.0 Å². The summed E-state index contributed by atoms with van der Waals surface area (Å²) in [6.45, 7) is 3.76. The molecule has 1 amide bonds. The van der Waals surface area contributed by atoms with Crippen LogP contribution in [0.15, 0.2) is 54.6 Å². The zero-order chi connectivity index (χ0) is 16.9. The molecule has 6 heteroatoms. The van der Waals surface area contributed by atoms with Gasteiger partial charge in [0.2, 0.25) is 5.91 Å². The van der Waals surface area contributed by atoms with E-state index in [0.717, 1.165) is 18.5 Å². The molecule has 0 saturated heterocycles. The molecule has 0 aliphatic carbocycles. The fraction of sp³-hybridized carbons (Fsp3) is 0.350. The van der Waals surface area contributed by atoms with Crippen molar-refractivity contribution in [1.29, 1.82) is 0 Å². The third-order valence-electron chi connectivity index (χ3n) is 4.66. The van der Waals surface area contributed by atoms with Crippen LogP contribution in [0.25, 0.3) is 0 Å². The van der Waals surface area contributed by atoms with Crippen molar-refractivity contribution in [2.45, 2.75) is 31.8 Å². The van der Waals surface area contributed by atoms with E-state index in [0.29, 0.717) is 13.0 Å². The van der Waals surface area contributed by atoms with Gasteiger partial charge >= 0.3 is 0 Å². The van der Waals surface area contributed by atoms with Gasteiger partial charge in [-0.25, -0.2) is 0 Å². The second-order valence-electron chi connectivity index (χ2n) is 6.46. The van der Waals surface area contributed by atoms with Gasteiger partial charge in [0.05, 0.1) is 6.04 Å². The Morgan fingerprint density at radius 2 is 1.77 bits per heavy atom. The van der Waals surface area contributed by atoms with Gasteiger partial charge < -0.3 is 16.0 Å². The maximum Gasteiger partial charge on any atom is 0.237 e. The molecule has 0 aromatic heterocycles. The lowest BCUT2D eigenvalue weighted by molar-refractivity contribution is -0.122. The van der Waals surface area contributed by atoms with Crippen molar-refractivity contribution in [3.8, 4) is 0 Å². The van der Waals surface area contributed by atoms with Crippen LogP contribution in [0.4, 0.5) is 5.69 Å². The third kappa shape index (κ3) is 5.37. The molecule has 3 rings (SSSR count). The number of nitrogens with two attached hydrogens (primary N) is 1. The molecule has 0 bridgehead atoms. The second kappa shape index (κ2) is 10.4. The highest BCUT2D eigenvalue weighted by Crippen LogP contribution is 2.28. The van der Waals surface area contributed by atoms with E-state index in [2.05, 4.69) is 41.4 Å². The number of carbonyl (C=O) groups is 1. The number of benzene rings is 2. The smallest absolute Gasteiger partial charge is 0.237 e. The van der Waals surface area contributed by atoms with Crippen molar-refractivity contribution in [1.82, 2.24) is 5.32 Å². The highest BCUT2D eigenvalue weighted by molar-refractivity contribution is 5.85. The summed E-state index contributed by atoms with van der Waals surface area (Å²) in [6, 6.07) is 18.1. The monoisotopic (exact) mass is 395 g/mol. The summed E-state index contributed by atoms with van der Waals surface area (Å²) in [4.78, 5) is 14.6. The van der Waals surface area contributed by atoms with Gasteiger partial charge in [-0.2, -0.15) is 0 Å². The zero-order valence-electron chi connectivity index (χ0n) is 14.9. The fourth-order valence-corrected chi connectivity index (χ4v) is 3.27. The number of fused-ring (bicyclic) bond motifs is 1. The SMILES string of the molecule is CC(CNC(=O)C(N)Cc1ccccc1)N1CCc2ccccc21.Cl.Cl. The molecule has 142 valence electrons. The van der Waals surface area contributed by atoms with E-state index < -0.39 is 6.04 Å². The summed E-state index contributed by atoms with van der Waals surface area (Å²) in [6.07, 6.45) is 1.63. The number of rotatable bonds is 6. The third-order valence-corrected chi connectivity index (χ3v) is 4.66. The Balaban J connectivity index is 0.00000169. The predicted molar refractivity (Wildman–Crippen MR) is 113 cm³/mol. The molecule has 3 N–H and O–H groups in total. The summed E-state index contributed by atoms with van der Waals surface area (Å²) >= 11 is 0. The van der Waals surface area contributed by atoms with Gasteiger partial charge in [-0.15, -0.1) is 24.8 Å². The molecule has 2 atom stereocenters. The van der Waals surface area contributed by atoms with Crippen LogP contribution >= 0.6 is 24.8 Å². The van der Waals surface area contributed by atoms with Crippen LogP contribution in [0.1, 0.15) is 18.1 Å². The van der Waals surface area contributed by atoms with Gasteiger partial charge in [0, 0.05) is 24.8 Å². The van der Waals surface area contributed by atoms with Crippen LogP contribution in [-0.4, -0.2) is 31.1 Å². The largest absolute Gasteiger partial charge is 0.366 e. The lowest BCUT2D eigenvalue weighted by Gasteiger charge is -2.28. The number of amides is 1. The first-order valence-corrected chi connectivity index (χ1v) is 8.57. The van der Waals surface area contributed by atoms with E-state index in [9.17, 15) is 4.79 Å². The Bertz CT molecular complexity index is 696. The highest BCUT2D eigenvalue weighted by atomic mass is 35.5. The second-order valence-corrected chi connectivity index (χ2v) is 6.46. The first-order valence-electron chi connectivity index (χ1n) is 8.57. The molecule has 1 aliphatic rings. The van der Waals surface area contributed by atoms with E-state index in [-0.39, 0.29) is 36.8 Å². The molecule has 0 radical (unpaired) electrons. The van der Waals surface area contributed by atoms with E-state index in [1.54, 1.807) is 0 Å². The van der Waals surface area contributed by atoms with Crippen molar-refractivity contribution in [2.24, 2.45) is 5.73 Å². The van der Waals surface area contributed by atoms with Crippen LogP contribution in [-0.2, 0) is 17.6 Å². The molecular formula is C20H27Cl2N3O. The number of anilines is 1. The highest BCUT2D eigenvalue weighted by Gasteiger charge is 2.23. The maximum absolute atomic E-state index is 12.3. The fourth-order valence-electron chi connectivity index (χ4n) is 3.27. The minimum absolute atomic E-state index is 0. The quantitative estimate of drug-likeness (QED) is 0.790. The molecule has 4 nitrogen and oxygen atoms in total. The lowest BCUT2D eigenvalue weighted by atomic mass is 10.1. The molecule has 2 unspecified atom stereocenters. The zero-order valence-corrected chi connectivity index (χ0v) is 16.6. The Morgan fingerprint density at radius 3 is 2.50 bits per heavy atom. The average Bonchev–Trinajstić information content (AvgIpc) is 3.04. The minimum atomic E-state index is -0.509. The topological polar surface area (TPSA) is 58.4 Å². The number of hydrogen-bond acceptors (Lipinski definition) is 3. The van der Waals surface area contributed by atoms with E-state index >= 15 is 0 Å². The van der Waals surface area contributed by atoms with Crippen LogP contribution in [0, 0.1) is 0 Å². The van der Waals surface area contributed by atoms with Crippen molar-refractivity contribution < 1.29 is 4.79 Å². The van der Waals surface area contributed by atoms with Gasteiger partial charge in [0.25, 0.3) is 0 Å². The number of hydrogen-bond donors (Lipinski definition) is 2. The van der Waals surface area contributed by atoms with Gasteiger partial charge in [0.1, 0.15) is 0 Å². The van der Waals surface area contributed by atoms with Crippen LogP contribution in [0.3, 0.4) is 0 Å². The summed E-state index contributed by atoms with van der Waals surface area (Å²) in [5.41, 5.74) is 9.80. The van der Waals surface area contributed by atoms with Crippen molar-refractivity contribution in [3.63, 3.8) is 0 Å². The minimum Gasteiger partial charge on any atom is -0.366 e. The summed E-state index contributed by atoms with van der Waals surface area (Å²) in [5, 5.41) is 3.00. The summed E-state index contributed by atoms with van der Waals surface area (Å²) < 4.78 is 0. The molecule has 2 aromatic rings. The molecule has 0 spiro atoms. The molecule has 26 heavy (non-hydrogen) atoms. The van der Waals surface area contributed by atoms with Gasteiger partial charge in [-0.3, -0.25) is 4.79 Å². The number of nitrogens with zero attached hydrogens (tertiary/aromatic N) is 1. The standard InChI is InChI=1S/C20H25N3O.2ClH/c1-15(23-12-11-17-9-5-6-10-19(17)23)14-22-20(24)18(21)13-16-7-3-2-4-8-16;;/h2-10,15,18H,11-14,21H2,1H3,(H,22,24);2*1H. The van der Waals surface area contributed by atoms with Gasteiger partial charge in [-0.1, -0.05) is 48.5 Å². The predicted octanol–water partition coefficient (Wildman–Crippen LogP) is 2.97. The number of para-hydroxylation sites is 1. The van der Waals surface area contributed by atoms with Crippen LogP contribution in [0.5, 0.6) is 0 Å². The van der Waals surface area contributed by atoms with Crippen molar-refractivity contribution >= 4 is 36.4 Å². The Kier molecular flexibility index (Phi) is 8.93. The maximum atomic E-state index is 12.3. The molecular weight excluding hydrogens is 369 g/mol. The number of nitrogens with one attached hydrogen (secondary N) is 1. The first-order chi connectivity index (χ1) is 11.6. The molecule has 1 heterocycles. The van der Waals surface area contributed by atoms with E-state index in [4.69, 9.17) is 5.73 Å². The first kappa shape index (κ1) is 22.3. The van der Waals surface area contributed by atoms with E-state index in [1.807, 2.05) is 30.3 Å². The molecule has 2 aromatic carbocycles. The molecule has 0 saturated carbocycles. The Labute approximate surface area is 168 Å². The van der Waals surface area contributed by atoms with Gasteiger partial charge in [-0.05, 0) is 37.0 Å². The van der Waals surface area contributed by atoms with Crippen molar-refractivity contribution in [3.05, 3.63) is 65.7 Å². The number of carbonyl (C=O) groups excluding carboxylic acids is 1.